The van der Waals surface area contributed by atoms with E-state index in [0.29, 0.717) is 0 Å². The monoisotopic (exact) mass is 252 g/mol. The Hall–Kier alpha value is -0.260. The minimum atomic E-state index is 0.888. The summed E-state index contributed by atoms with van der Waals surface area (Å²) in [4.78, 5) is 0. The highest BCUT2D eigenvalue weighted by molar-refractivity contribution is 4.83. The van der Waals surface area contributed by atoms with E-state index in [4.69, 9.17) is 0 Å². The SMILES string of the molecule is CCCCCC=CCC(C)CCCCCCCC. The Morgan fingerprint density at radius 1 is 0.722 bits per heavy atom. The Kier molecular flexibility index (Phi) is 14.6. The first-order chi connectivity index (χ1) is 8.81. The van der Waals surface area contributed by atoms with Crippen LogP contribution >= 0.6 is 0 Å². The van der Waals surface area contributed by atoms with Crippen LogP contribution in [0.1, 0.15) is 97.8 Å². The first kappa shape index (κ1) is 17.7. The average molecular weight is 252 g/mol. The highest BCUT2D eigenvalue weighted by Crippen LogP contribution is 2.15. The molecule has 0 saturated carbocycles. The van der Waals surface area contributed by atoms with Crippen molar-refractivity contribution in [3.63, 3.8) is 0 Å². The van der Waals surface area contributed by atoms with E-state index in [2.05, 4.69) is 32.9 Å². The fourth-order valence-electron chi connectivity index (χ4n) is 2.35. The number of allylic oxidation sites excluding steroid dienone is 2. The van der Waals surface area contributed by atoms with E-state index in [9.17, 15) is 0 Å². The highest BCUT2D eigenvalue weighted by atomic mass is 14.0. The lowest BCUT2D eigenvalue weighted by atomic mass is 9.98. The van der Waals surface area contributed by atoms with Crippen LogP contribution in [0.4, 0.5) is 0 Å². The summed E-state index contributed by atoms with van der Waals surface area (Å²) in [6.45, 7) is 6.96. The molecule has 0 N–H and O–H groups in total. The minimum absolute atomic E-state index is 0.888. The van der Waals surface area contributed by atoms with Crippen LogP contribution in [0.3, 0.4) is 0 Å². The van der Waals surface area contributed by atoms with Crippen LogP contribution < -0.4 is 0 Å². The average Bonchev–Trinajstić information content (AvgIpc) is 2.38. The predicted molar refractivity (Wildman–Crippen MR) is 85.1 cm³/mol. The van der Waals surface area contributed by atoms with Crippen molar-refractivity contribution in [3.05, 3.63) is 12.2 Å². The van der Waals surface area contributed by atoms with Gasteiger partial charge < -0.3 is 0 Å². The van der Waals surface area contributed by atoms with Gasteiger partial charge >= 0.3 is 0 Å². The van der Waals surface area contributed by atoms with Crippen molar-refractivity contribution < 1.29 is 0 Å². The van der Waals surface area contributed by atoms with Crippen molar-refractivity contribution in [3.8, 4) is 0 Å². The quantitative estimate of drug-likeness (QED) is 0.247. The molecule has 0 amide bonds. The molecule has 18 heavy (non-hydrogen) atoms. The van der Waals surface area contributed by atoms with Gasteiger partial charge in [0.05, 0.1) is 0 Å². The van der Waals surface area contributed by atoms with E-state index in [1.54, 1.807) is 0 Å². The van der Waals surface area contributed by atoms with Gasteiger partial charge in [0.2, 0.25) is 0 Å². The van der Waals surface area contributed by atoms with Gasteiger partial charge in [0, 0.05) is 0 Å². The van der Waals surface area contributed by atoms with Crippen LogP contribution in [0.25, 0.3) is 0 Å². The van der Waals surface area contributed by atoms with Gasteiger partial charge in [-0.05, 0) is 25.2 Å². The van der Waals surface area contributed by atoms with Crippen molar-refractivity contribution >= 4 is 0 Å². The van der Waals surface area contributed by atoms with Crippen molar-refractivity contribution in [1.29, 1.82) is 0 Å². The normalized spacial score (nSPS) is 13.3. The maximum Gasteiger partial charge on any atom is -0.0325 e. The zero-order valence-electron chi connectivity index (χ0n) is 13.2. The number of unbranched alkanes of at least 4 members (excludes halogenated alkanes) is 8. The zero-order chi connectivity index (χ0) is 13.5. The second kappa shape index (κ2) is 14.8. The molecule has 0 saturated heterocycles. The van der Waals surface area contributed by atoms with Gasteiger partial charge in [0.1, 0.15) is 0 Å². The lowest BCUT2D eigenvalue weighted by Gasteiger charge is -2.08. The van der Waals surface area contributed by atoms with Crippen LogP contribution in [0.5, 0.6) is 0 Å². The Bertz CT molecular complexity index is 169. The van der Waals surface area contributed by atoms with Gasteiger partial charge in [-0.25, -0.2) is 0 Å². The third kappa shape index (κ3) is 13.8. The smallest absolute Gasteiger partial charge is 0.0325 e. The molecule has 0 rings (SSSR count). The molecule has 0 radical (unpaired) electrons. The molecule has 0 nitrogen and oxygen atoms in total. The summed E-state index contributed by atoms with van der Waals surface area (Å²) in [5.41, 5.74) is 0. The Labute approximate surface area is 116 Å². The third-order valence-electron chi connectivity index (χ3n) is 3.73. The first-order valence-electron chi connectivity index (χ1n) is 8.46. The summed E-state index contributed by atoms with van der Waals surface area (Å²) in [6, 6.07) is 0. The fourth-order valence-corrected chi connectivity index (χ4v) is 2.35. The number of hydrogen-bond donors (Lipinski definition) is 0. The molecule has 108 valence electrons. The standard InChI is InChI=1S/C18H36/c1-4-6-8-10-12-14-16-18(3)17-15-13-11-9-7-5-2/h12,14,18H,4-11,13,15-17H2,1-3H3. The topological polar surface area (TPSA) is 0 Å². The molecule has 0 aliphatic carbocycles. The van der Waals surface area contributed by atoms with E-state index in [0.717, 1.165) is 5.92 Å². The summed E-state index contributed by atoms with van der Waals surface area (Å²) in [5, 5.41) is 0. The van der Waals surface area contributed by atoms with E-state index in [1.807, 2.05) is 0 Å². The molecule has 0 aromatic heterocycles. The maximum absolute atomic E-state index is 2.41. The van der Waals surface area contributed by atoms with Crippen LogP contribution in [0, 0.1) is 5.92 Å². The van der Waals surface area contributed by atoms with Crippen LogP contribution in [0.15, 0.2) is 12.2 Å². The predicted octanol–water partition coefficient (Wildman–Crippen LogP) is 6.90. The lowest BCUT2D eigenvalue weighted by Crippen LogP contribution is -1.92. The van der Waals surface area contributed by atoms with E-state index in [-0.39, 0.29) is 0 Å². The second-order valence-electron chi connectivity index (χ2n) is 5.86. The molecule has 1 atom stereocenters. The van der Waals surface area contributed by atoms with Crippen molar-refractivity contribution in [2.24, 2.45) is 5.92 Å². The van der Waals surface area contributed by atoms with Crippen molar-refractivity contribution in [2.75, 3.05) is 0 Å². The van der Waals surface area contributed by atoms with Gasteiger partial charge in [0.15, 0.2) is 0 Å². The summed E-state index contributed by atoms with van der Waals surface area (Å²) >= 11 is 0. The molecule has 0 aromatic carbocycles. The number of rotatable bonds is 13. The molecule has 0 aliphatic heterocycles. The van der Waals surface area contributed by atoms with Gasteiger partial charge in [-0.1, -0.05) is 90.7 Å². The van der Waals surface area contributed by atoms with E-state index < -0.39 is 0 Å². The van der Waals surface area contributed by atoms with E-state index in [1.165, 1.54) is 77.0 Å². The van der Waals surface area contributed by atoms with Gasteiger partial charge in [0.25, 0.3) is 0 Å². The van der Waals surface area contributed by atoms with Gasteiger partial charge in [-0.2, -0.15) is 0 Å². The molecule has 0 heterocycles. The van der Waals surface area contributed by atoms with E-state index >= 15 is 0 Å². The summed E-state index contributed by atoms with van der Waals surface area (Å²) in [5.74, 6) is 0.888. The first-order valence-corrected chi connectivity index (χ1v) is 8.46. The Morgan fingerprint density at radius 3 is 2.06 bits per heavy atom. The summed E-state index contributed by atoms with van der Waals surface area (Å²) in [6.07, 6.45) is 21.5. The summed E-state index contributed by atoms with van der Waals surface area (Å²) < 4.78 is 0. The minimum Gasteiger partial charge on any atom is -0.0885 e. The van der Waals surface area contributed by atoms with Crippen molar-refractivity contribution in [2.45, 2.75) is 97.8 Å². The highest BCUT2D eigenvalue weighted by Gasteiger charge is 1.99. The molecule has 0 bridgehead atoms. The Morgan fingerprint density at radius 2 is 1.33 bits per heavy atom. The molecule has 0 fully saturated rings. The number of hydrogen-bond acceptors (Lipinski definition) is 0. The largest absolute Gasteiger partial charge is 0.0885 e. The third-order valence-corrected chi connectivity index (χ3v) is 3.73. The van der Waals surface area contributed by atoms with Crippen molar-refractivity contribution in [1.82, 2.24) is 0 Å². The second-order valence-corrected chi connectivity index (χ2v) is 5.86. The molecule has 1 unspecified atom stereocenters. The molecular formula is C18H36. The zero-order valence-corrected chi connectivity index (χ0v) is 13.2. The Balaban J connectivity index is 3.23. The van der Waals surface area contributed by atoms with Crippen LogP contribution in [-0.4, -0.2) is 0 Å². The molecule has 0 spiro atoms. The maximum atomic E-state index is 2.41. The van der Waals surface area contributed by atoms with Crippen LogP contribution in [-0.2, 0) is 0 Å². The fraction of sp³-hybridized carbons (Fsp3) is 0.889. The lowest BCUT2D eigenvalue weighted by molar-refractivity contribution is 0.487. The summed E-state index contributed by atoms with van der Waals surface area (Å²) in [7, 11) is 0. The molecular weight excluding hydrogens is 216 g/mol. The van der Waals surface area contributed by atoms with Crippen LogP contribution in [0.2, 0.25) is 0 Å². The molecule has 0 aromatic rings. The molecule has 0 aliphatic rings. The molecule has 0 heteroatoms. The van der Waals surface area contributed by atoms with Gasteiger partial charge in [-0.15, -0.1) is 0 Å². The van der Waals surface area contributed by atoms with Gasteiger partial charge in [-0.3, -0.25) is 0 Å².